The van der Waals surface area contributed by atoms with Crippen molar-refractivity contribution in [1.82, 2.24) is 9.80 Å². The molecule has 1 saturated heterocycles. The Morgan fingerprint density at radius 3 is 2.22 bits per heavy atom. The van der Waals surface area contributed by atoms with Gasteiger partial charge in [-0.15, -0.1) is 0 Å². The Morgan fingerprint density at radius 1 is 1.00 bits per heavy atom. The van der Waals surface area contributed by atoms with Crippen LogP contribution < -0.4 is 0 Å². The Labute approximate surface area is 114 Å². The summed E-state index contributed by atoms with van der Waals surface area (Å²) in [5.41, 5.74) is 1.23. The fourth-order valence-electron chi connectivity index (χ4n) is 2.36. The van der Waals surface area contributed by atoms with Crippen molar-refractivity contribution in [2.75, 3.05) is 45.9 Å². The van der Waals surface area contributed by atoms with Crippen molar-refractivity contribution in [2.24, 2.45) is 0 Å². The van der Waals surface area contributed by atoms with Crippen LogP contribution in [-0.2, 0) is 6.42 Å². The molecule has 0 aromatic heterocycles. The van der Waals surface area contributed by atoms with E-state index in [0.29, 0.717) is 0 Å². The molecule has 0 radical (unpaired) electrons. The van der Waals surface area contributed by atoms with Crippen LogP contribution in [0.1, 0.15) is 5.56 Å². The number of aliphatic hydroxyl groups excluding tert-OH is 1. The summed E-state index contributed by atoms with van der Waals surface area (Å²) >= 11 is 6.15. The molecule has 0 amide bonds. The summed E-state index contributed by atoms with van der Waals surface area (Å²) in [6.07, 6.45) is 1.01. The molecular weight excluding hydrogens is 248 g/mol. The number of piperazine rings is 1. The van der Waals surface area contributed by atoms with Crippen LogP contribution in [0.25, 0.3) is 0 Å². The molecule has 1 fully saturated rings. The Bertz CT molecular complexity index is 365. The van der Waals surface area contributed by atoms with Crippen molar-refractivity contribution in [3.05, 3.63) is 34.9 Å². The van der Waals surface area contributed by atoms with Crippen LogP contribution in [0.2, 0.25) is 5.02 Å². The van der Waals surface area contributed by atoms with Crippen molar-refractivity contribution in [1.29, 1.82) is 0 Å². The summed E-state index contributed by atoms with van der Waals surface area (Å²) in [6.45, 7) is 6.43. The highest BCUT2D eigenvalue weighted by molar-refractivity contribution is 6.31. The fourth-order valence-corrected chi connectivity index (χ4v) is 2.59. The first-order valence-electron chi connectivity index (χ1n) is 6.58. The van der Waals surface area contributed by atoms with E-state index in [-0.39, 0.29) is 6.61 Å². The number of halogens is 1. The molecule has 0 saturated carbocycles. The second-order valence-corrected chi connectivity index (χ2v) is 5.16. The second-order valence-electron chi connectivity index (χ2n) is 4.75. The number of hydrogen-bond acceptors (Lipinski definition) is 3. The van der Waals surface area contributed by atoms with Gasteiger partial charge < -0.3 is 10.0 Å². The van der Waals surface area contributed by atoms with Crippen LogP contribution in [0.4, 0.5) is 0 Å². The third kappa shape index (κ3) is 3.95. The highest BCUT2D eigenvalue weighted by Crippen LogP contribution is 2.16. The van der Waals surface area contributed by atoms with Crippen molar-refractivity contribution >= 4 is 11.6 Å². The minimum absolute atomic E-state index is 0.264. The molecule has 1 aromatic carbocycles. The van der Waals surface area contributed by atoms with Crippen LogP contribution in [0.5, 0.6) is 0 Å². The van der Waals surface area contributed by atoms with Gasteiger partial charge in [0.2, 0.25) is 0 Å². The summed E-state index contributed by atoms with van der Waals surface area (Å²) in [5.74, 6) is 0. The van der Waals surface area contributed by atoms with Gasteiger partial charge in [0.25, 0.3) is 0 Å². The summed E-state index contributed by atoms with van der Waals surface area (Å²) in [6, 6.07) is 8.07. The molecule has 1 N–H and O–H groups in total. The van der Waals surface area contributed by atoms with Gasteiger partial charge in [-0.3, -0.25) is 4.90 Å². The number of hydrogen-bond donors (Lipinski definition) is 1. The van der Waals surface area contributed by atoms with Gasteiger partial charge in [-0.2, -0.15) is 0 Å². The van der Waals surface area contributed by atoms with E-state index in [0.717, 1.165) is 50.7 Å². The zero-order valence-corrected chi connectivity index (χ0v) is 11.4. The normalized spacial score (nSPS) is 18.1. The molecule has 0 aliphatic carbocycles. The Hall–Kier alpha value is -0.610. The molecule has 4 heteroatoms. The molecule has 0 bridgehead atoms. The molecule has 18 heavy (non-hydrogen) atoms. The predicted molar refractivity (Wildman–Crippen MR) is 75.1 cm³/mol. The third-order valence-electron chi connectivity index (χ3n) is 3.54. The maximum atomic E-state index is 8.90. The largest absolute Gasteiger partial charge is 0.395 e. The first-order valence-corrected chi connectivity index (χ1v) is 6.96. The lowest BCUT2D eigenvalue weighted by Crippen LogP contribution is -2.47. The summed E-state index contributed by atoms with van der Waals surface area (Å²) in [4.78, 5) is 4.78. The molecule has 2 rings (SSSR count). The van der Waals surface area contributed by atoms with Crippen LogP contribution in [0, 0.1) is 0 Å². The number of β-amino-alcohol motifs (C(OH)–C–C–N with tert-alkyl or cyclic N) is 1. The lowest BCUT2D eigenvalue weighted by atomic mass is 10.1. The summed E-state index contributed by atoms with van der Waals surface area (Å²) in [7, 11) is 0. The monoisotopic (exact) mass is 268 g/mol. The van der Waals surface area contributed by atoms with Crippen LogP contribution in [-0.4, -0.2) is 60.8 Å². The van der Waals surface area contributed by atoms with Gasteiger partial charge in [-0.05, 0) is 18.1 Å². The lowest BCUT2D eigenvalue weighted by Gasteiger charge is -2.34. The average molecular weight is 269 g/mol. The second kappa shape index (κ2) is 7.10. The molecule has 1 aliphatic rings. The van der Waals surface area contributed by atoms with E-state index < -0.39 is 0 Å². The van der Waals surface area contributed by atoms with E-state index in [1.807, 2.05) is 18.2 Å². The van der Waals surface area contributed by atoms with E-state index >= 15 is 0 Å². The van der Waals surface area contributed by atoms with Gasteiger partial charge in [-0.25, -0.2) is 0 Å². The predicted octanol–water partition coefficient (Wildman–Crippen LogP) is 1.49. The van der Waals surface area contributed by atoms with Gasteiger partial charge >= 0.3 is 0 Å². The Morgan fingerprint density at radius 2 is 1.61 bits per heavy atom. The van der Waals surface area contributed by atoms with Crippen molar-refractivity contribution < 1.29 is 5.11 Å². The summed E-state index contributed by atoms with van der Waals surface area (Å²) in [5, 5.41) is 9.77. The standard InChI is InChI=1S/C14H21ClN2O/c15-14-4-2-1-3-13(14)5-6-16-7-9-17(10-8-16)11-12-18/h1-4,18H,5-12H2. The van der Waals surface area contributed by atoms with E-state index in [9.17, 15) is 0 Å². The first-order chi connectivity index (χ1) is 8.79. The minimum Gasteiger partial charge on any atom is -0.395 e. The first kappa shape index (κ1) is 13.8. The molecule has 0 atom stereocenters. The smallest absolute Gasteiger partial charge is 0.0558 e. The quantitative estimate of drug-likeness (QED) is 0.877. The van der Waals surface area contributed by atoms with Crippen LogP contribution in [0.3, 0.4) is 0 Å². The SMILES string of the molecule is OCCN1CCN(CCc2ccccc2Cl)CC1. The lowest BCUT2D eigenvalue weighted by molar-refractivity contribution is 0.113. The number of nitrogens with zero attached hydrogens (tertiary/aromatic N) is 2. The van der Waals surface area contributed by atoms with E-state index in [2.05, 4.69) is 15.9 Å². The maximum Gasteiger partial charge on any atom is 0.0558 e. The van der Waals surface area contributed by atoms with Gasteiger partial charge in [0.15, 0.2) is 0 Å². The van der Waals surface area contributed by atoms with Crippen LogP contribution in [0.15, 0.2) is 24.3 Å². The van der Waals surface area contributed by atoms with Gasteiger partial charge in [0.1, 0.15) is 0 Å². The molecular formula is C14H21ClN2O. The van der Waals surface area contributed by atoms with E-state index in [1.54, 1.807) is 0 Å². The summed E-state index contributed by atoms with van der Waals surface area (Å²) < 4.78 is 0. The molecule has 1 heterocycles. The van der Waals surface area contributed by atoms with E-state index in [1.165, 1.54) is 5.56 Å². The van der Waals surface area contributed by atoms with Crippen LogP contribution >= 0.6 is 11.6 Å². The molecule has 0 unspecified atom stereocenters. The van der Waals surface area contributed by atoms with Gasteiger partial charge in [0.05, 0.1) is 6.61 Å². The minimum atomic E-state index is 0.264. The maximum absolute atomic E-state index is 8.90. The van der Waals surface area contributed by atoms with Gasteiger partial charge in [0, 0.05) is 44.3 Å². The number of aliphatic hydroxyl groups is 1. The Kier molecular flexibility index (Phi) is 5.45. The number of rotatable bonds is 5. The number of benzene rings is 1. The highest BCUT2D eigenvalue weighted by Gasteiger charge is 2.15. The van der Waals surface area contributed by atoms with Gasteiger partial charge in [-0.1, -0.05) is 29.8 Å². The molecule has 1 aliphatic heterocycles. The third-order valence-corrected chi connectivity index (χ3v) is 3.91. The zero-order valence-electron chi connectivity index (χ0n) is 10.7. The molecule has 100 valence electrons. The average Bonchev–Trinajstić information content (AvgIpc) is 2.40. The molecule has 3 nitrogen and oxygen atoms in total. The van der Waals surface area contributed by atoms with Crippen molar-refractivity contribution in [2.45, 2.75) is 6.42 Å². The van der Waals surface area contributed by atoms with Crippen molar-refractivity contribution in [3.8, 4) is 0 Å². The van der Waals surface area contributed by atoms with Crippen molar-refractivity contribution in [3.63, 3.8) is 0 Å². The topological polar surface area (TPSA) is 26.7 Å². The molecule has 0 spiro atoms. The molecule has 1 aromatic rings. The fraction of sp³-hybridized carbons (Fsp3) is 0.571. The zero-order chi connectivity index (χ0) is 12.8. The van der Waals surface area contributed by atoms with E-state index in [4.69, 9.17) is 16.7 Å². The highest BCUT2D eigenvalue weighted by atomic mass is 35.5. The Balaban J connectivity index is 1.74.